The average Bonchev–Trinajstić information content (AvgIpc) is 2.87. The number of aryl methyl sites for hydroxylation is 1. The molecule has 3 amide bonds. The topological polar surface area (TPSA) is 116 Å². The number of hydrogen-bond donors (Lipinski definition) is 3. The molecule has 8 nitrogen and oxygen atoms in total. The first-order chi connectivity index (χ1) is 17.6. The molecule has 0 radical (unpaired) electrons. The summed E-state index contributed by atoms with van der Waals surface area (Å²) in [5.41, 5.74) is 8.46. The first-order valence-electron chi connectivity index (χ1n) is 12.9. The van der Waals surface area contributed by atoms with Gasteiger partial charge in [-0.2, -0.15) is 0 Å². The van der Waals surface area contributed by atoms with E-state index < -0.39 is 17.5 Å². The van der Waals surface area contributed by atoms with Crippen molar-refractivity contribution in [2.24, 2.45) is 11.7 Å². The van der Waals surface area contributed by atoms with Gasteiger partial charge < -0.3 is 21.1 Å². The number of nitrogens with two attached hydrogens (primary N) is 1. The maximum absolute atomic E-state index is 13.9. The summed E-state index contributed by atoms with van der Waals surface area (Å²) in [6, 6.07) is 13.4. The third kappa shape index (κ3) is 6.50. The Hall–Kier alpha value is -3.81. The largest absolute Gasteiger partial charge is 0.465 e. The molecule has 3 rings (SSSR count). The number of carbonyl (C=O) groups is 3. The molecular formula is C29H38N4O4. The number of amides is 3. The number of nitrogens with one attached hydrogen (secondary N) is 1. The highest BCUT2D eigenvalue weighted by Crippen LogP contribution is 2.36. The lowest BCUT2D eigenvalue weighted by Crippen LogP contribution is -2.62. The van der Waals surface area contributed by atoms with Gasteiger partial charge in [0.2, 0.25) is 5.91 Å². The molecule has 0 bridgehead atoms. The minimum atomic E-state index is -1.24. The zero-order valence-electron chi connectivity index (χ0n) is 22.2. The molecule has 0 spiro atoms. The van der Waals surface area contributed by atoms with Crippen LogP contribution in [0.25, 0.3) is 6.08 Å². The van der Waals surface area contributed by atoms with Crippen LogP contribution in [0.5, 0.6) is 0 Å². The Morgan fingerprint density at radius 2 is 1.76 bits per heavy atom. The molecule has 1 aliphatic rings. The molecule has 0 saturated heterocycles. The molecule has 1 aliphatic carbocycles. The van der Waals surface area contributed by atoms with Gasteiger partial charge in [0.15, 0.2) is 0 Å². The minimum Gasteiger partial charge on any atom is -0.465 e. The molecule has 0 aliphatic heterocycles. The first-order valence-corrected chi connectivity index (χ1v) is 12.9. The highest BCUT2D eigenvalue weighted by molar-refractivity contribution is 6.00. The van der Waals surface area contributed by atoms with E-state index >= 15 is 0 Å². The van der Waals surface area contributed by atoms with E-state index in [1.54, 1.807) is 6.08 Å². The van der Waals surface area contributed by atoms with E-state index in [1.807, 2.05) is 56.3 Å². The van der Waals surface area contributed by atoms with Gasteiger partial charge in [0.1, 0.15) is 5.54 Å². The fourth-order valence-electron chi connectivity index (χ4n) is 5.02. The van der Waals surface area contributed by atoms with E-state index in [0.717, 1.165) is 35.5 Å². The second kappa shape index (κ2) is 12.0. The third-order valence-corrected chi connectivity index (χ3v) is 6.93. The van der Waals surface area contributed by atoms with Gasteiger partial charge in [-0.3, -0.25) is 14.5 Å². The smallest absolute Gasteiger partial charge is 0.408 e. The van der Waals surface area contributed by atoms with Crippen LogP contribution in [0.1, 0.15) is 50.8 Å². The van der Waals surface area contributed by atoms with Gasteiger partial charge in [-0.05, 0) is 79.6 Å². The summed E-state index contributed by atoms with van der Waals surface area (Å²) in [4.78, 5) is 41.0. The monoisotopic (exact) mass is 506 g/mol. The van der Waals surface area contributed by atoms with Gasteiger partial charge in [-0.15, -0.1) is 0 Å². The number of carbonyl (C=O) groups excluding carboxylic acids is 2. The second-order valence-corrected chi connectivity index (χ2v) is 9.93. The summed E-state index contributed by atoms with van der Waals surface area (Å²) in [6.45, 7) is 10.1. The van der Waals surface area contributed by atoms with E-state index in [-0.39, 0.29) is 24.8 Å². The molecule has 1 atom stereocenters. The molecule has 0 aromatic heterocycles. The second-order valence-electron chi connectivity index (χ2n) is 9.93. The average molecular weight is 507 g/mol. The van der Waals surface area contributed by atoms with Crippen molar-refractivity contribution in [1.29, 1.82) is 0 Å². The Labute approximate surface area is 219 Å². The van der Waals surface area contributed by atoms with Crippen molar-refractivity contribution in [3.05, 3.63) is 65.2 Å². The quantitative estimate of drug-likeness (QED) is 0.409. The molecule has 0 saturated carbocycles. The van der Waals surface area contributed by atoms with Crippen LogP contribution in [0.15, 0.2) is 48.5 Å². The van der Waals surface area contributed by atoms with Crippen LogP contribution < -0.4 is 16.0 Å². The molecule has 0 unspecified atom stereocenters. The summed E-state index contributed by atoms with van der Waals surface area (Å²) in [5, 5.41) is 13.2. The fourth-order valence-corrected chi connectivity index (χ4v) is 5.02. The lowest BCUT2D eigenvalue weighted by molar-refractivity contribution is -0.128. The Morgan fingerprint density at radius 1 is 1.08 bits per heavy atom. The van der Waals surface area contributed by atoms with Gasteiger partial charge in [0.05, 0.1) is 0 Å². The van der Waals surface area contributed by atoms with Crippen molar-refractivity contribution >= 4 is 35.4 Å². The number of rotatable bonds is 10. The van der Waals surface area contributed by atoms with Crippen LogP contribution in [0.2, 0.25) is 0 Å². The Balaban J connectivity index is 1.95. The Morgan fingerprint density at radius 3 is 2.32 bits per heavy atom. The van der Waals surface area contributed by atoms with E-state index in [0.29, 0.717) is 18.5 Å². The number of primary amides is 1. The normalized spacial score (nSPS) is 16.9. The van der Waals surface area contributed by atoms with Crippen molar-refractivity contribution < 1.29 is 19.5 Å². The predicted molar refractivity (Wildman–Crippen MR) is 148 cm³/mol. The molecule has 2 aromatic carbocycles. The maximum atomic E-state index is 13.9. The Bertz CT molecular complexity index is 1150. The van der Waals surface area contributed by atoms with Gasteiger partial charge in [-0.25, -0.2) is 4.79 Å². The number of fused-ring (bicyclic) bond motifs is 1. The zero-order valence-corrected chi connectivity index (χ0v) is 22.2. The van der Waals surface area contributed by atoms with E-state index in [2.05, 4.69) is 24.1 Å². The highest BCUT2D eigenvalue weighted by atomic mass is 16.4. The SMILES string of the molecule is CCN(CC)c1ccc(NC(=O)[C@]2(N(CC(C)C)C(=O)O)CCc3cc(C=CC(N)=O)ccc3C2)cc1. The van der Waals surface area contributed by atoms with Crippen LogP contribution >= 0.6 is 0 Å². The highest BCUT2D eigenvalue weighted by Gasteiger charge is 2.48. The number of nitrogens with zero attached hydrogens (tertiary/aromatic N) is 2. The van der Waals surface area contributed by atoms with Gasteiger partial charge >= 0.3 is 6.09 Å². The molecular weight excluding hydrogens is 468 g/mol. The lowest BCUT2D eigenvalue weighted by Gasteiger charge is -2.44. The number of carboxylic acid groups (broad SMARTS) is 1. The van der Waals surface area contributed by atoms with Crippen molar-refractivity contribution in [2.75, 3.05) is 29.9 Å². The van der Waals surface area contributed by atoms with Gasteiger partial charge in [-0.1, -0.05) is 32.0 Å². The molecule has 4 N–H and O–H groups in total. The van der Waals surface area contributed by atoms with Crippen molar-refractivity contribution in [2.45, 2.75) is 52.5 Å². The van der Waals surface area contributed by atoms with E-state index in [4.69, 9.17) is 5.73 Å². The molecule has 198 valence electrons. The Kier molecular flexibility index (Phi) is 8.97. The van der Waals surface area contributed by atoms with Crippen molar-refractivity contribution in [1.82, 2.24) is 4.90 Å². The van der Waals surface area contributed by atoms with Crippen LogP contribution in [-0.2, 0) is 22.4 Å². The number of benzene rings is 2. The lowest BCUT2D eigenvalue weighted by atomic mass is 9.75. The molecule has 8 heteroatoms. The summed E-state index contributed by atoms with van der Waals surface area (Å²) < 4.78 is 0. The van der Waals surface area contributed by atoms with Gasteiger partial charge in [0, 0.05) is 43.5 Å². The number of hydrogen-bond acceptors (Lipinski definition) is 4. The third-order valence-electron chi connectivity index (χ3n) is 6.93. The predicted octanol–water partition coefficient (Wildman–Crippen LogP) is 4.53. The van der Waals surface area contributed by atoms with Gasteiger partial charge in [0.25, 0.3) is 5.91 Å². The molecule has 0 fully saturated rings. The summed E-state index contributed by atoms with van der Waals surface area (Å²) >= 11 is 0. The summed E-state index contributed by atoms with van der Waals surface area (Å²) in [6.07, 6.45) is 3.01. The fraction of sp³-hybridized carbons (Fsp3) is 0.414. The summed E-state index contributed by atoms with van der Waals surface area (Å²) in [7, 11) is 0. The first kappa shape index (κ1) is 27.8. The van der Waals surface area contributed by atoms with Crippen LogP contribution in [0.3, 0.4) is 0 Å². The van der Waals surface area contributed by atoms with Crippen LogP contribution in [0.4, 0.5) is 16.2 Å². The molecule has 2 aromatic rings. The van der Waals surface area contributed by atoms with Crippen LogP contribution in [-0.4, -0.2) is 53.1 Å². The van der Waals surface area contributed by atoms with E-state index in [9.17, 15) is 19.5 Å². The zero-order chi connectivity index (χ0) is 27.2. The van der Waals surface area contributed by atoms with E-state index in [1.165, 1.54) is 11.0 Å². The molecule has 0 heterocycles. The standard InChI is InChI=1S/C29H38N4O4/c1-5-32(6-2)25-12-10-24(11-13-25)31-27(35)29(33(28(36)37)19-20(3)4)16-15-22-17-21(8-14-26(30)34)7-9-23(22)18-29/h7-14,17,20H,5-6,15-16,18-19H2,1-4H3,(H2,30,34)(H,31,35)(H,36,37)/t29-/m0/s1. The van der Waals surface area contributed by atoms with Crippen molar-refractivity contribution in [3.63, 3.8) is 0 Å². The molecule has 37 heavy (non-hydrogen) atoms. The minimum absolute atomic E-state index is 0.0526. The maximum Gasteiger partial charge on any atom is 0.408 e. The van der Waals surface area contributed by atoms with Crippen molar-refractivity contribution in [3.8, 4) is 0 Å². The number of anilines is 2. The summed E-state index contributed by atoms with van der Waals surface area (Å²) in [5.74, 6) is -0.796. The van der Waals surface area contributed by atoms with Crippen LogP contribution in [0, 0.1) is 5.92 Å².